The van der Waals surface area contributed by atoms with Crippen LogP contribution in [0.5, 0.6) is 0 Å². The van der Waals surface area contributed by atoms with E-state index in [1.807, 2.05) is 12.1 Å². The number of nitrogens with one attached hydrogen (secondary N) is 2. The Kier molecular flexibility index (Phi) is 4.10. The van der Waals surface area contributed by atoms with Crippen molar-refractivity contribution in [1.29, 1.82) is 0 Å². The molecule has 27 heavy (non-hydrogen) atoms. The van der Waals surface area contributed by atoms with Crippen LogP contribution in [0.4, 0.5) is 11.4 Å². The van der Waals surface area contributed by atoms with Crippen LogP contribution in [0, 0.1) is 11.8 Å². The van der Waals surface area contributed by atoms with Gasteiger partial charge in [-0.1, -0.05) is 52.0 Å². The molecule has 0 unspecified atom stereocenters. The summed E-state index contributed by atoms with van der Waals surface area (Å²) in [5.41, 5.74) is 3.40. The normalized spacial score (nSPS) is 16.7. The molecule has 0 saturated heterocycles. The van der Waals surface area contributed by atoms with Crippen molar-refractivity contribution in [3.05, 3.63) is 58.7 Å². The van der Waals surface area contributed by atoms with Crippen molar-refractivity contribution in [2.24, 2.45) is 11.8 Å². The lowest BCUT2D eigenvalue weighted by molar-refractivity contribution is 0.0979. The van der Waals surface area contributed by atoms with Crippen molar-refractivity contribution in [3.8, 4) is 0 Å². The molecular formula is C23H26N2O2. The molecule has 0 radical (unpaired) electrons. The minimum Gasteiger partial charge on any atom is -0.361 e. The predicted octanol–water partition coefficient (Wildman–Crippen LogP) is 5.09. The van der Waals surface area contributed by atoms with E-state index in [-0.39, 0.29) is 17.2 Å². The Labute approximate surface area is 160 Å². The topological polar surface area (TPSA) is 58.2 Å². The molecule has 2 N–H and O–H groups in total. The molecule has 1 aliphatic carbocycles. The second-order valence-corrected chi connectivity index (χ2v) is 8.64. The van der Waals surface area contributed by atoms with Gasteiger partial charge in [0.15, 0.2) is 11.6 Å². The smallest absolute Gasteiger partial charge is 0.196 e. The lowest BCUT2D eigenvalue weighted by Crippen LogP contribution is -2.44. The van der Waals surface area contributed by atoms with Gasteiger partial charge in [-0.2, -0.15) is 0 Å². The lowest BCUT2D eigenvalue weighted by Gasteiger charge is -2.34. The Bertz CT molecular complexity index is 933. The van der Waals surface area contributed by atoms with Crippen LogP contribution in [0.2, 0.25) is 0 Å². The predicted molar refractivity (Wildman–Crippen MR) is 109 cm³/mol. The van der Waals surface area contributed by atoms with Gasteiger partial charge in [-0.15, -0.1) is 0 Å². The minimum atomic E-state index is -0.292. The molecule has 4 nitrogen and oxygen atoms in total. The van der Waals surface area contributed by atoms with E-state index in [1.54, 1.807) is 24.3 Å². The number of hydrogen-bond acceptors (Lipinski definition) is 4. The van der Waals surface area contributed by atoms with Gasteiger partial charge in [0, 0.05) is 16.7 Å². The van der Waals surface area contributed by atoms with Crippen LogP contribution in [0.1, 0.15) is 72.4 Å². The highest BCUT2D eigenvalue weighted by atomic mass is 16.1. The molecule has 0 aromatic heterocycles. The fourth-order valence-corrected chi connectivity index (χ4v) is 4.63. The van der Waals surface area contributed by atoms with Gasteiger partial charge in [0.2, 0.25) is 0 Å². The molecule has 0 atom stereocenters. The molecule has 1 heterocycles. The Hall–Kier alpha value is -2.62. The average Bonchev–Trinajstić information content (AvgIpc) is 2.94. The minimum absolute atomic E-state index is 0.0729. The molecule has 2 aromatic carbocycles. The summed E-state index contributed by atoms with van der Waals surface area (Å²) in [6, 6.07) is 10.8. The summed E-state index contributed by atoms with van der Waals surface area (Å²) in [4.78, 5) is 26.2. The van der Waals surface area contributed by atoms with E-state index in [1.165, 1.54) is 0 Å². The van der Waals surface area contributed by atoms with Gasteiger partial charge >= 0.3 is 0 Å². The molecular weight excluding hydrogens is 336 g/mol. The standard InChI is InChI=1S/C23H26N2O2/c1-13(2)11-23(12-14(3)4)24-18-10-9-17-19(20(18)25-23)22(27)16-8-6-5-7-15(16)21(17)26/h5-10,13-14,24-25H,11-12H2,1-4H3. The first-order valence-corrected chi connectivity index (χ1v) is 9.73. The van der Waals surface area contributed by atoms with E-state index in [0.717, 1.165) is 24.2 Å². The number of carbonyl (C=O) groups is 2. The molecule has 0 amide bonds. The third kappa shape index (κ3) is 2.84. The van der Waals surface area contributed by atoms with Crippen LogP contribution in [0.25, 0.3) is 0 Å². The van der Waals surface area contributed by atoms with Gasteiger partial charge in [-0.3, -0.25) is 9.59 Å². The zero-order valence-electron chi connectivity index (χ0n) is 16.3. The van der Waals surface area contributed by atoms with Crippen molar-refractivity contribution in [1.82, 2.24) is 0 Å². The number of benzene rings is 2. The number of anilines is 2. The highest BCUT2D eigenvalue weighted by molar-refractivity contribution is 6.31. The largest absolute Gasteiger partial charge is 0.361 e. The molecule has 4 rings (SSSR count). The Balaban J connectivity index is 1.83. The summed E-state index contributed by atoms with van der Waals surface area (Å²) in [6.45, 7) is 8.81. The maximum Gasteiger partial charge on any atom is 0.196 e. The molecule has 2 aliphatic rings. The van der Waals surface area contributed by atoms with E-state index in [4.69, 9.17) is 0 Å². The van der Waals surface area contributed by atoms with E-state index < -0.39 is 0 Å². The van der Waals surface area contributed by atoms with Crippen LogP contribution in [0.15, 0.2) is 36.4 Å². The Morgan fingerprint density at radius 3 is 1.96 bits per heavy atom. The van der Waals surface area contributed by atoms with Crippen LogP contribution >= 0.6 is 0 Å². The molecule has 4 heteroatoms. The maximum atomic E-state index is 13.2. The van der Waals surface area contributed by atoms with Crippen molar-refractivity contribution in [3.63, 3.8) is 0 Å². The van der Waals surface area contributed by atoms with Crippen molar-refractivity contribution < 1.29 is 9.59 Å². The van der Waals surface area contributed by atoms with E-state index in [0.29, 0.717) is 34.1 Å². The summed E-state index contributed by atoms with van der Waals surface area (Å²) in [6.07, 6.45) is 1.88. The first kappa shape index (κ1) is 17.8. The fraction of sp³-hybridized carbons (Fsp3) is 0.391. The third-order valence-electron chi connectivity index (χ3n) is 5.34. The molecule has 0 fully saturated rings. The number of ketones is 2. The van der Waals surface area contributed by atoms with Crippen LogP contribution < -0.4 is 10.6 Å². The van der Waals surface area contributed by atoms with Gasteiger partial charge < -0.3 is 10.6 Å². The molecule has 1 aliphatic heterocycles. The molecule has 140 valence electrons. The number of fused-ring (bicyclic) bond motifs is 4. The molecule has 2 aromatic rings. The highest BCUT2D eigenvalue weighted by Crippen LogP contribution is 2.45. The summed E-state index contributed by atoms with van der Waals surface area (Å²) in [5, 5.41) is 7.28. The Morgan fingerprint density at radius 1 is 0.778 bits per heavy atom. The zero-order chi connectivity index (χ0) is 19.3. The van der Waals surface area contributed by atoms with Crippen molar-refractivity contribution in [2.45, 2.75) is 46.2 Å². The summed E-state index contributed by atoms with van der Waals surface area (Å²) in [7, 11) is 0. The van der Waals surface area contributed by atoms with Crippen molar-refractivity contribution >= 4 is 22.9 Å². The van der Waals surface area contributed by atoms with Gasteiger partial charge in [-0.05, 0) is 36.8 Å². The number of carbonyl (C=O) groups excluding carboxylic acids is 2. The van der Waals surface area contributed by atoms with Crippen LogP contribution in [-0.4, -0.2) is 17.2 Å². The second kappa shape index (κ2) is 6.22. The van der Waals surface area contributed by atoms with Gasteiger partial charge in [0.25, 0.3) is 0 Å². The third-order valence-corrected chi connectivity index (χ3v) is 5.34. The SMILES string of the molecule is CC(C)CC1(CC(C)C)Nc2ccc3c(c2N1)C(=O)c1ccccc1C3=O. The van der Waals surface area contributed by atoms with E-state index in [2.05, 4.69) is 38.3 Å². The van der Waals surface area contributed by atoms with Crippen LogP contribution in [-0.2, 0) is 0 Å². The average molecular weight is 362 g/mol. The fourth-order valence-electron chi connectivity index (χ4n) is 4.63. The van der Waals surface area contributed by atoms with E-state index >= 15 is 0 Å². The summed E-state index contributed by atoms with van der Waals surface area (Å²) >= 11 is 0. The lowest BCUT2D eigenvalue weighted by atomic mass is 9.83. The van der Waals surface area contributed by atoms with Gasteiger partial charge in [-0.25, -0.2) is 0 Å². The first-order chi connectivity index (χ1) is 12.8. The maximum absolute atomic E-state index is 13.2. The molecule has 0 saturated carbocycles. The first-order valence-electron chi connectivity index (χ1n) is 9.73. The monoisotopic (exact) mass is 362 g/mol. The number of rotatable bonds is 4. The molecule has 0 spiro atoms. The highest BCUT2D eigenvalue weighted by Gasteiger charge is 2.42. The quantitative estimate of drug-likeness (QED) is 0.679. The van der Waals surface area contributed by atoms with E-state index in [9.17, 15) is 9.59 Å². The zero-order valence-corrected chi connectivity index (χ0v) is 16.3. The second-order valence-electron chi connectivity index (χ2n) is 8.64. The summed E-state index contributed by atoms with van der Waals surface area (Å²) < 4.78 is 0. The van der Waals surface area contributed by atoms with Crippen LogP contribution in [0.3, 0.4) is 0 Å². The van der Waals surface area contributed by atoms with Crippen molar-refractivity contribution in [2.75, 3.05) is 10.6 Å². The van der Waals surface area contributed by atoms with Gasteiger partial charge in [0.05, 0.1) is 16.9 Å². The number of hydrogen-bond donors (Lipinski definition) is 2. The summed E-state index contributed by atoms with van der Waals surface area (Å²) in [5.74, 6) is 0.838. The van der Waals surface area contributed by atoms with Gasteiger partial charge in [0.1, 0.15) is 5.66 Å². The Morgan fingerprint density at radius 2 is 1.37 bits per heavy atom. The molecule has 0 bridgehead atoms.